The third kappa shape index (κ3) is 2.75. The number of nitrogens with zero attached hydrogens (tertiary/aromatic N) is 4. The highest BCUT2D eigenvalue weighted by molar-refractivity contribution is 5.54. The number of aromatic nitrogens is 1. The van der Waals surface area contributed by atoms with E-state index in [-0.39, 0.29) is 0 Å². The summed E-state index contributed by atoms with van der Waals surface area (Å²) in [7, 11) is 2.14. The van der Waals surface area contributed by atoms with Crippen LogP contribution in [0.15, 0.2) is 12.1 Å². The molecule has 0 aliphatic carbocycles. The molecular formula is C13H18N4. The largest absolute Gasteiger partial charge is 0.354 e. The van der Waals surface area contributed by atoms with E-state index >= 15 is 0 Å². The van der Waals surface area contributed by atoms with Crippen LogP contribution in [0, 0.1) is 18.3 Å². The van der Waals surface area contributed by atoms with E-state index in [1.165, 1.54) is 0 Å². The van der Waals surface area contributed by atoms with Crippen LogP contribution < -0.4 is 4.90 Å². The monoisotopic (exact) mass is 230 g/mol. The first-order chi connectivity index (χ1) is 8.20. The predicted molar refractivity (Wildman–Crippen MR) is 68.0 cm³/mol. The van der Waals surface area contributed by atoms with Gasteiger partial charge in [-0.1, -0.05) is 0 Å². The standard InChI is InChI=1S/C13H18N4/c1-11-4-5-12(10-14)13(15-11)17-7-3-6-16(2)8-9-17/h4-5H,3,6-9H2,1-2H3. The van der Waals surface area contributed by atoms with Gasteiger partial charge in [0.1, 0.15) is 11.9 Å². The average molecular weight is 230 g/mol. The van der Waals surface area contributed by atoms with Gasteiger partial charge in [-0.15, -0.1) is 0 Å². The molecule has 1 aliphatic heterocycles. The van der Waals surface area contributed by atoms with Crippen LogP contribution in [0.1, 0.15) is 17.7 Å². The Kier molecular flexibility index (Phi) is 3.60. The summed E-state index contributed by atoms with van der Waals surface area (Å²) >= 11 is 0. The van der Waals surface area contributed by atoms with E-state index in [0.717, 1.165) is 44.1 Å². The van der Waals surface area contributed by atoms with Crippen LogP contribution in [0.5, 0.6) is 0 Å². The number of anilines is 1. The van der Waals surface area contributed by atoms with Gasteiger partial charge >= 0.3 is 0 Å². The Morgan fingerprint density at radius 2 is 2.06 bits per heavy atom. The molecular weight excluding hydrogens is 212 g/mol. The highest BCUT2D eigenvalue weighted by atomic mass is 15.2. The molecule has 90 valence electrons. The maximum absolute atomic E-state index is 9.14. The number of rotatable bonds is 1. The Bertz CT molecular complexity index is 436. The van der Waals surface area contributed by atoms with Crippen LogP contribution in [0.4, 0.5) is 5.82 Å². The minimum atomic E-state index is 0.681. The van der Waals surface area contributed by atoms with Crippen molar-refractivity contribution in [2.75, 3.05) is 38.1 Å². The Balaban J connectivity index is 2.26. The number of aryl methyl sites for hydroxylation is 1. The molecule has 1 fully saturated rings. The molecule has 1 saturated heterocycles. The van der Waals surface area contributed by atoms with Gasteiger partial charge in [0, 0.05) is 25.3 Å². The van der Waals surface area contributed by atoms with Gasteiger partial charge < -0.3 is 9.80 Å². The van der Waals surface area contributed by atoms with Crippen molar-refractivity contribution < 1.29 is 0 Å². The molecule has 1 aliphatic rings. The fraction of sp³-hybridized carbons (Fsp3) is 0.538. The quantitative estimate of drug-likeness (QED) is 0.731. The van der Waals surface area contributed by atoms with E-state index in [1.54, 1.807) is 0 Å². The highest BCUT2D eigenvalue weighted by Gasteiger charge is 2.16. The highest BCUT2D eigenvalue weighted by Crippen LogP contribution is 2.19. The molecule has 4 heteroatoms. The molecule has 4 nitrogen and oxygen atoms in total. The fourth-order valence-electron chi connectivity index (χ4n) is 2.13. The summed E-state index contributed by atoms with van der Waals surface area (Å²) in [5, 5.41) is 9.14. The molecule has 0 bridgehead atoms. The average Bonchev–Trinajstić information content (AvgIpc) is 2.54. The van der Waals surface area contributed by atoms with Crippen LogP contribution >= 0.6 is 0 Å². The third-order valence-corrected chi connectivity index (χ3v) is 3.15. The smallest absolute Gasteiger partial charge is 0.146 e. The van der Waals surface area contributed by atoms with Crippen molar-refractivity contribution >= 4 is 5.82 Å². The number of pyridine rings is 1. The first-order valence-corrected chi connectivity index (χ1v) is 6.02. The second-order valence-electron chi connectivity index (χ2n) is 4.58. The summed E-state index contributed by atoms with van der Waals surface area (Å²) in [4.78, 5) is 9.07. The summed E-state index contributed by atoms with van der Waals surface area (Å²) in [6.07, 6.45) is 1.12. The minimum absolute atomic E-state index is 0.681. The van der Waals surface area contributed by atoms with Crippen LogP contribution in [-0.2, 0) is 0 Å². The molecule has 0 amide bonds. The van der Waals surface area contributed by atoms with Crippen molar-refractivity contribution in [3.05, 3.63) is 23.4 Å². The molecule has 1 aromatic rings. The Hall–Kier alpha value is -1.60. The van der Waals surface area contributed by atoms with E-state index in [4.69, 9.17) is 5.26 Å². The van der Waals surface area contributed by atoms with E-state index in [2.05, 4.69) is 27.9 Å². The topological polar surface area (TPSA) is 43.2 Å². The second kappa shape index (κ2) is 5.15. The van der Waals surface area contributed by atoms with Gasteiger partial charge in [-0.3, -0.25) is 0 Å². The summed E-state index contributed by atoms with van der Waals surface area (Å²) in [5.41, 5.74) is 1.65. The van der Waals surface area contributed by atoms with Crippen LogP contribution in [0.25, 0.3) is 0 Å². The van der Waals surface area contributed by atoms with Gasteiger partial charge in [0.2, 0.25) is 0 Å². The minimum Gasteiger partial charge on any atom is -0.354 e. The zero-order valence-corrected chi connectivity index (χ0v) is 10.5. The molecule has 0 N–H and O–H groups in total. The molecule has 0 saturated carbocycles. The molecule has 0 radical (unpaired) electrons. The van der Waals surface area contributed by atoms with Gasteiger partial charge in [0.05, 0.1) is 5.56 Å². The second-order valence-corrected chi connectivity index (χ2v) is 4.58. The Labute approximate surface area is 102 Å². The summed E-state index contributed by atoms with van der Waals surface area (Å²) in [6, 6.07) is 6.00. The molecule has 17 heavy (non-hydrogen) atoms. The van der Waals surface area contributed by atoms with E-state index in [9.17, 15) is 0 Å². The Morgan fingerprint density at radius 3 is 2.82 bits per heavy atom. The van der Waals surface area contributed by atoms with Gasteiger partial charge in [-0.2, -0.15) is 5.26 Å². The summed E-state index contributed by atoms with van der Waals surface area (Å²) in [5.74, 6) is 0.850. The molecule has 0 spiro atoms. The maximum Gasteiger partial charge on any atom is 0.146 e. The molecule has 0 unspecified atom stereocenters. The van der Waals surface area contributed by atoms with Crippen molar-refractivity contribution in [2.45, 2.75) is 13.3 Å². The van der Waals surface area contributed by atoms with Crippen molar-refractivity contribution in [3.8, 4) is 6.07 Å². The third-order valence-electron chi connectivity index (χ3n) is 3.15. The first kappa shape index (κ1) is 11.9. The first-order valence-electron chi connectivity index (χ1n) is 6.02. The molecule has 0 aromatic carbocycles. The zero-order valence-electron chi connectivity index (χ0n) is 10.5. The van der Waals surface area contributed by atoms with Gasteiger partial charge in [-0.05, 0) is 39.1 Å². The lowest BCUT2D eigenvalue weighted by atomic mass is 10.2. The Morgan fingerprint density at radius 1 is 1.24 bits per heavy atom. The lowest BCUT2D eigenvalue weighted by molar-refractivity contribution is 0.360. The predicted octanol–water partition coefficient (Wildman–Crippen LogP) is 1.40. The van der Waals surface area contributed by atoms with Crippen molar-refractivity contribution in [1.82, 2.24) is 9.88 Å². The van der Waals surface area contributed by atoms with E-state index < -0.39 is 0 Å². The number of likely N-dealkylation sites (N-methyl/N-ethyl adjacent to an activating group) is 1. The molecule has 2 heterocycles. The maximum atomic E-state index is 9.14. The van der Waals surface area contributed by atoms with Crippen LogP contribution in [0.2, 0.25) is 0 Å². The lowest BCUT2D eigenvalue weighted by Gasteiger charge is -2.22. The van der Waals surface area contributed by atoms with Crippen molar-refractivity contribution in [1.29, 1.82) is 5.26 Å². The van der Waals surface area contributed by atoms with E-state index in [0.29, 0.717) is 5.56 Å². The zero-order chi connectivity index (χ0) is 12.3. The van der Waals surface area contributed by atoms with Crippen molar-refractivity contribution in [2.24, 2.45) is 0 Å². The van der Waals surface area contributed by atoms with Gasteiger partial charge in [-0.25, -0.2) is 4.98 Å². The van der Waals surface area contributed by atoms with Gasteiger partial charge in [0.15, 0.2) is 0 Å². The SMILES string of the molecule is Cc1ccc(C#N)c(N2CCCN(C)CC2)n1. The number of nitriles is 1. The normalized spacial score (nSPS) is 17.6. The van der Waals surface area contributed by atoms with Crippen LogP contribution in [-0.4, -0.2) is 43.1 Å². The summed E-state index contributed by atoms with van der Waals surface area (Å²) < 4.78 is 0. The van der Waals surface area contributed by atoms with Crippen LogP contribution in [0.3, 0.4) is 0 Å². The fourth-order valence-corrected chi connectivity index (χ4v) is 2.13. The van der Waals surface area contributed by atoms with Gasteiger partial charge in [0.25, 0.3) is 0 Å². The lowest BCUT2D eigenvalue weighted by Crippen LogP contribution is -2.30. The summed E-state index contributed by atoms with van der Waals surface area (Å²) in [6.45, 7) is 6.04. The molecule has 1 aromatic heterocycles. The molecule has 2 rings (SSSR count). The van der Waals surface area contributed by atoms with E-state index in [1.807, 2.05) is 19.1 Å². The van der Waals surface area contributed by atoms with Crippen molar-refractivity contribution in [3.63, 3.8) is 0 Å². The number of hydrogen-bond donors (Lipinski definition) is 0. The molecule has 0 atom stereocenters. The number of hydrogen-bond acceptors (Lipinski definition) is 4.